The normalized spacial score (nSPS) is 12.3. The van der Waals surface area contributed by atoms with Gasteiger partial charge in [0.05, 0.1) is 0 Å². The zero-order valence-electron chi connectivity index (χ0n) is 7.85. The molecule has 0 fully saturated rings. The maximum atomic E-state index is 10.8. The van der Waals surface area contributed by atoms with Crippen molar-refractivity contribution in [3.8, 4) is 0 Å². The molecule has 0 bridgehead atoms. The fourth-order valence-corrected chi connectivity index (χ4v) is 0.566. The highest BCUT2D eigenvalue weighted by atomic mass is 16.1. The number of likely N-dealkylation sites (N-methyl/N-ethyl adjacent to an activating group) is 1. The highest BCUT2D eigenvalue weighted by Crippen LogP contribution is 1.94. The average molecular weight is 155 g/mol. The Labute approximate surface area is 68.9 Å². The van der Waals surface area contributed by atoms with Gasteiger partial charge in [-0.25, -0.2) is 0 Å². The lowest BCUT2D eigenvalue weighted by molar-refractivity contribution is -0.113. The second kappa shape index (κ2) is 5.08. The van der Waals surface area contributed by atoms with Gasteiger partial charge in [0.2, 0.25) is 0 Å². The van der Waals surface area contributed by atoms with Crippen molar-refractivity contribution < 1.29 is 4.79 Å². The summed E-state index contributed by atoms with van der Waals surface area (Å²) in [7, 11) is 2.03. The summed E-state index contributed by atoms with van der Waals surface area (Å²) < 4.78 is 0. The number of carbonyl (C=O) groups is 1. The fraction of sp³-hybridized carbons (Fsp3) is 0.667. The second-order valence-corrected chi connectivity index (χ2v) is 2.80. The van der Waals surface area contributed by atoms with E-state index in [0.29, 0.717) is 0 Å². The van der Waals surface area contributed by atoms with Gasteiger partial charge in [-0.05, 0) is 33.0 Å². The van der Waals surface area contributed by atoms with Crippen molar-refractivity contribution in [3.63, 3.8) is 0 Å². The van der Waals surface area contributed by atoms with Crippen molar-refractivity contribution in [3.05, 3.63) is 11.6 Å². The first-order valence-electron chi connectivity index (χ1n) is 3.94. The number of Topliss-reactive ketones (excluding diaryl/α,β-unsaturated/α-hetero) is 1. The molecular formula is C9H17NO. The van der Waals surface area contributed by atoms with E-state index >= 15 is 0 Å². The molecule has 0 atom stereocenters. The van der Waals surface area contributed by atoms with Crippen LogP contribution < -0.4 is 0 Å². The summed E-state index contributed by atoms with van der Waals surface area (Å²) in [6.07, 6.45) is 1.96. The van der Waals surface area contributed by atoms with Crippen molar-refractivity contribution in [1.29, 1.82) is 0 Å². The molecule has 2 nitrogen and oxygen atoms in total. The standard InChI is InChI=1S/C9H17NO/c1-5-10(4)7-6-8(2)9(3)11/h6H,5,7H2,1-4H3/b8-6+. The summed E-state index contributed by atoms with van der Waals surface area (Å²) in [6, 6.07) is 0. The van der Waals surface area contributed by atoms with Crippen LogP contribution in [0.3, 0.4) is 0 Å². The minimum Gasteiger partial charge on any atom is -0.303 e. The van der Waals surface area contributed by atoms with E-state index in [2.05, 4.69) is 11.8 Å². The van der Waals surface area contributed by atoms with Crippen molar-refractivity contribution in [2.45, 2.75) is 20.8 Å². The summed E-state index contributed by atoms with van der Waals surface area (Å²) in [5.74, 6) is 0.162. The Morgan fingerprint density at radius 1 is 1.45 bits per heavy atom. The molecule has 0 amide bonds. The van der Waals surface area contributed by atoms with Crippen LogP contribution in [0.25, 0.3) is 0 Å². The van der Waals surface area contributed by atoms with Gasteiger partial charge in [0.25, 0.3) is 0 Å². The molecule has 0 aliphatic carbocycles. The lowest BCUT2D eigenvalue weighted by Crippen LogP contribution is -2.17. The molecule has 11 heavy (non-hydrogen) atoms. The molecule has 0 N–H and O–H groups in total. The lowest BCUT2D eigenvalue weighted by Gasteiger charge is -2.10. The molecule has 0 aliphatic heterocycles. The van der Waals surface area contributed by atoms with Crippen molar-refractivity contribution in [2.75, 3.05) is 20.1 Å². The quantitative estimate of drug-likeness (QED) is 0.573. The highest BCUT2D eigenvalue weighted by Gasteiger charge is 1.95. The van der Waals surface area contributed by atoms with E-state index in [1.54, 1.807) is 6.92 Å². The molecule has 0 saturated carbocycles. The van der Waals surface area contributed by atoms with E-state index in [1.165, 1.54) is 0 Å². The molecule has 64 valence electrons. The Kier molecular flexibility index (Phi) is 4.79. The Bertz CT molecular complexity index is 161. The largest absolute Gasteiger partial charge is 0.303 e. The first-order chi connectivity index (χ1) is 5.07. The van der Waals surface area contributed by atoms with Crippen LogP contribution >= 0.6 is 0 Å². The maximum absolute atomic E-state index is 10.8. The van der Waals surface area contributed by atoms with E-state index in [0.717, 1.165) is 18.7 Å². The summed E-state index contributed by atoms with van der Waals surface area (Å²) in [6.45, 7) is 7.42. The van der Waals surface area contributed by atoms with Gasteiger partial charge in [-0.3, -0.25) is 4.79 Å². The van der Waals surface area contributed by atoms with Crippen LogP contribution in [-0.2, 0) is 4.79 Å². The first kappa shape index (κ1) is 10.4. The fourth-order valence-electron chi connectivity index (χ4n) is 0.566. The van der Waals surface area contributed by atoms with Gasteiger partial charge in [0.15, 0.2) is 5.78 Å². The molecule has 0 radical (unpaired) electrons. The van der Waals surface area contributed by atoms with Crippen molar-refractivity contribution >= 4 is 5.78 Å². The zero-order valence-corrected chi connectivity index (χ0v) is 7.85. The topological polar surface area (TPSA) is 20.3 Å². The van der Waals surface area contributed by atoms with Gasteiger partial charge < -0.3 is 4.90 Å². The number of nitrogens with zero attached hydrogens (tertiary/aromatic N) is 1. The lowest BCUT2D eigenvalue weighted by atomic mass is 10.2. The number of carbonyl (C=O) groups excluding carboxylic acids is 1. The molecular weight excluding hydrogens is 138 g/mol. The maximum Gasteiger partial charge on any atom is 0.155 e. The van der Waals surface area contributed by atoms with Gasteiger partial charge in [-0.2, -0.15) is 0 Å². The minimum atomic E-state index is 0.162. The van der Waals surface area contributed by atoms with Crippen LogP contribution in [0.1, 0.15) is 20.8 Å². The van der Waals surface area contributed by atoms with Gasteiger partial charge >= 0.3 is 0 Å². The molecule has 0 saturated heterocycles. The molecule has 0 unspecified atom stereocenters. The molecule has 0 heterocycles. The molecule has 0 spiro atoms. The van der Waals surface area contributed by atoms with Crippen molar-refractivity contribution in [1.82, 2.24) is 4.90 Å². The Balaban J connectivity index is 3.82. The van der Waals surface area contributed by atoms with Gasteiger partial charge in [-0.1, -0.05) is 13.0 Å². The van der Waals surface area contributed by atoms with Crippen LogP contribution in [-0.4, -0.2) is 30.8 Å². The molecule has 0 rings (SSSR count). The Morgan fingerprint density at radius 3 is 2.36 bits per heavy atom. The molecule has 0 aromatic carbocycles. The van der Waals surface area contributed by atoms with E-state index in [4.69, 9.17) is 0 Å². The number of hydrogen-bond donors (Lipinski definition) is 0. The van der Waals surface area contributed by atoms with Gasteiger partial charge in [0.1, 0.15) is 0 Å². The van der Waals surface area contributed by atoms with Crippen LogP contribution in [0.15, 0.2) is 11.6 Å². The Hall–Kier alpha value is -0.630. The van der Waals surface area contributed by atoms with Crippen LogP contribution in [0.2, 0.25) is 0 Å². The molecule has 0 aromatic rings. The van der Waals surface area contributed by atoms with E-state index in [-0.39, 0.29) is 5.78 Å². The molecule has 0 aliphatic rings. The predicted octanol–water partition coefficient (Wildman–Crippen LogP) is 1.47. The van der Waals surface area contributed by atoms with Crippen LogP contribution in [0, 0.1) is 0 Å². The molecule has 0 aromatic heterocycles. The molecule has 2 heteroatoms. The van der Waals surface area contributed by atoms with E-state index < -0.39 is 0 Å². The number of rotatable bonds is 4. The third-order valence-corrected chi connectivity index (χ3v) is 1.80. The van der Waals surface area contributed by atoms with Crippen LogP contribution in [0.4, 0.5) is 0 Å². The minimum absolute atomic E-state index is 0.162. The summed E-state index contributed by atoms with van der Waals surface area (Å²) in [4.78, 5) is 12.9. The highest BCUT2D eigenvalue weighted by molar-refractivity contribution is 5.92. The SMILES string of the molecule is CCN(C)C/C=C(\C)C(C)=O. The number of hydrogen-bond acceptors (Lipinski definition) is 2. The predicted molar refractivity (Wildman–Crippen MR) is 47.6 cm³/mol. The third kappa shape index (κ3) is 4.73. The summed E-state index contributed by atoms with van der Waals surface area (Å²) >= 11 is 0. The summed E-state index contributed by atoms with van der Waals surface area (Å²) in [5.41, 5.74) is 0.852. The average Bonchev–Trinajstić information content (AvgIpc) is 1.99. The van der Waals surface area contributed by atoms with Gasteiger partial charge in [0, 0.05) is 6.54 Å². The summed E-state index contributed by atoms with van der Waals surface area (Å²) in [5, 5.41) is 0. The Morgan fingerprint density at radius 2 is 2.00 bits per heavy atom. The van der Waals surface area contributed by atoms with Gasteiger partial charge in [-0.15, -0.1) is 0 Å². The van der Waals surface area contributed by atoms with Crippen molar-refractivity contribution in [2.24, 2.45) is 0 Å². The van der Waals surface area contributed by atoms with E-state index in [9.17, 15) is 4.79 Å². The number of allylic oxidation sites excluding steroid dienone is 1. The monoisotopic (exact) mass is 155 g/mol. The smallest absolute Gasteiger partial charge is 0.155 e. The van der Waals surface area contributed by atoms with E-state index in [1.807, 2.05) is 20.0 Å². The zero-order chi connectivity index (χ0) is 8.85. The first-order valence-corrected chi connectivity index (χ1v) is 3.94. The number of ketones is 1. The third-order valence-electron chi connectivity index (χ3n) is 1.80. The second-order valence-electron chi connectivity index (χ2n) is 2.80. The van der Waals surface area contributed by atoms with Crippen LogP contribution in [0.5, 0.6) is 0 Å².